The van der Waals surface area contributed by atoms with E-state index in [9.17, 15) is 10.1 Å². The molecule has 1 aliphatic rings. The molecule has 0 amide bonds. The molecule has 5 nitrogen and oxygen atoms in total. The molecule has 0 bridgehead atoms. The minimum Gasteiger partial charge on any atom is -0.360 e. The molecule has 0 radical (unpaired) electrons. The molecule has 0 aliphatic heterocycles. The Labute approximate surface area is 143 Å². The maximum atomic E-state index is 10.9. The summed E-state index contributed by atoms with van der Waals surface area (Å²) in [5.41, 5.74) is 1.00. The van der Waals surface area contributed by atoms with E-state index in [0.29, 0.717) is 17.1 Å². The molecule has 1 N–H and O–H groups in total. The third-order valence-electron chi connectivity index (χ3n) is 4.89. The number of thiocarbonyl (C=S) groups is 1. The molecule has 0 saturated heterocycles. The largest absolute Gasteiger partial charge is 0.360 e. The van der Waals surface area contributed by atoms with Crippen molar-refractivity contribution in [2.45, 2.75) is 51.6 Å². The number of rotatable bonds is 4. The van der Waals surface area contributed by atoms with Gasteiger partial charge >= 0.3 is 0 Å². The first-order chi connectivity index (χ1) is 10.9. The second kappa shape index (κ2) is 7.73. The second-order valence-corrected chi connectivity index (χ2v) is 6.84. The van der Waals surface area contributed by atoms with Gasteiger partial charge in [-0.05, 0) is 43.5 Å². The van der Waals surface area contributed by atoms with Crippen molar-refractivity contribution in [3.05, 3.63) is 39.9 Å². The van der Waals surface area contributed by atoms with E-state index in [1.54, 1.807) is 12.1 Å². The van der Waals surface area contributed by atoms with Crippen LogP contribution in [-0.2, 0) is 0 Å². The van der Waals surface area contributed by atoms with Crippen molar-refractivity contribution in [2.75, 3.05) is 7.05 Å². The highest BCUT2D eigenvalue weighted by Crippen LogP contribution is 2.26. The van der Waals surface area contributed by atoms with E-state index in [2.05, 4.69) is 12.2 Å². The van der Waals surface area contributed by atoms with Crippen LogP contribution in [0.1, 0.15) is 51.1 Å². The van der Waals surface area contributed by atoms with Crippen LogP contribution in [0, 0.1) is 16.0 Å². The minimum atomic E-state index is -0.365. The second-order valence-electron chi connectivity index (χ2n) is 6.46. The van der Waals surface area contributed by atoms with Gasteiger partial charge in [0.25, 0.3) is 5.69 Å². The Morgan fingerprint density at radius 2 is 2.13 bits per heavy atom. The lowest BCUT2D eigenvalue weighted by molar-refractivity contribution is -0.384. The summed E-state index contributed by atoms with van der Waals surface area (Å²) in [4.78, 5) is 12.5. The molecule has 23 heavy (non-hydrogen) atoms. The van der Waals surface area contributed by atoms with Crippen LogP contribution in [0.25, 0.3) is 0 Å². The Balaban J connectivity index is 2.03. The lowest BCUT2D eigenvalue weighted by Crippen LogP contribution is -2.47. The zero-order valence-electron chi connectivity index (χ0n) is 14.0. The number of non-ortho nitro benzene ring substituents is 1. The van der Waals surface area contributed by atoms with E-state index < -0.39 is 0 Å². The summed E-state index contributed by atoms with van der Waals surface area (Å²) in [5.74, 6) is 0.628. The van der Waals surface area contributed by atoms with Crippen LogP contribution in [0.4, 0.5) is 5.69 Å². The summed E-state index contributed by atoms with van der Waals surface area (Å²) in [6.45, 7) is 4.28. The van der Waals surface area contributed by atoms with Crippen molar-refractivity contribution < 1.29 is 4.92 Å². The quantitative estimate of drug-likeness (QED) is 0.511. The van der Waals surface area contributed by atoms with Gasteiger partial charge in [-0.15, -0.1) is 0 Å². The predicted octanol–water partition coefficient (Wildman–Crippen LogP) is 4.04. The summed E-state index contributed by atoms with van der Waals surface area (Å²) in [7, 11) is 1.94. The standard InChI is InChI=1S/C17H25N3O2S/c1-12-7-4-5-10-16(12)18-17(23)19(3)13(2)14-8-6-9-15(11-14)20(21)22/h6,8-9,11-13,16H,4-5,7,10H2,1-3H3,(H,18,23)/t12-,13-,16-/m0/s1. The Morgan fingerprint density at radius 3 is 2.78 bits per heavy atom. The molecule has 126 valence electrons. The zero-order chi connectivity index (χ0) is 17.0. The number of nitrogens with zero attached hydrogens (tertiary/aromatic N) is 2. The van der Waals surface area contributed by atoms with E-state index >= 15 is 0 Å². The zero-order valence-corrected chi connectivity index (χ0v) is 14.8. The van der Waals surface area contributed by atoms with Crippen LogP contribution in [0.3, 0.4) is 0 Å². The van der Waals surface area contributed by atoms with Crippen molar-refractivity contribution in [3.63, 3.8) is 0 Å². The molecule has 1 aliphatic carbocycles. The Bertz CT molecular complexity index is 579. The highest BCUT2D eigenvalue weighted by Gasteiger charge is 2.24. The normalized spacial score (nSPS) is 22.2. The van der Waals surface area contributed by atoms with Gasteiger partial charge in [0.15, 0.2) is 5.11 Å². The molecule has 6 heteroatoms. The van der Waals surface area contributed by atoms with E-state index in [-0.39, 0.29) is 16.7 Å². The van der Waals surface area contributed by atoms with Gasteiger partial charge < -0.3 is 10.2 Å². The van der Waals surface area contributed by atoms with Gasteiger partial charge in [0.05, 0.1) is 11.0 Å². The van der Waals surface area contributed by atoms with Crippen molar-refractivity contribution >= 4 is 23.0 Å². The summed E-state index contributed by atoms with van der Waals surface area (Å²) in [6, 6.07) is 7.16. The molecule has 1 aromatic rings. The molecule has 3 atom stereocenters. The first-order valence-corrected chi connectivity index (χ1v) is 8.58. The Hall–Kier alpha value is -1.69. The van der Waals surface area contributed by atoms with Gasteiger partial charge in [0.1, 0.15) is 0 Å². The smallest absolute Gasteiger partial charge is 0.269 e. The number of nitrogens with one attached hydrogen (secondary N) is 1. The van der Waals surface area contributed by atoms with Crippen LogP contribution < -0.4 is 5.32 Å². The molecule has 2 rings (SSSR count). The van der Waals surface area contributed by atoms with E-state index in [4.69, 9.17) is 12.2 Å². The monoisotopic (exact) mass is 335 g/mol. The third kappa shape index (κ3) is 4.41. The van der Waals surface area contributed by atoms with E-state index in [0.717, 1.165) is 12.0 Å². The highest BCUT2D eigenvalue weighted by atomic mass is 32.1. The molecule has 1 aromatic carbocycles. The van der Waals surface area contributed by atoms with Crippen LogP contribution in [0.15, 0.2) is 24.3 Å². The fourth-order valence-electron chi connectivity index (χ4n) is 3.09. The van der Waals surface area contributed by atoms with Crippen LogP contribution in [0.2, 0.25) is 0 Å². The average Bonchev–Trinajstić information content (AvgIpc) is 2.55. The van der Waals surface area contributed by atoms with Crippen molar-refractivity contribution in [1.82, 2.24) is 10.2 Å². The SMILES string of the molecule is C[C@H]1CCCC[C@@H]1NC(=S)N(C)[C@@H](C)c1cccc([N+](=O)[O-])c1. The first kappa shape index (κ1) is 17.7. The summed E-state index contributed by atoms with van der Waals surface area (Å²) >= 11 is 5.55. The maximum Gasteiger partial charge on any atom is 0.269 e. The van der Waals surface area contributed by atoms with Gasteiger partial charge in [-0.3, -0.25) is 10.1 Å². The third-order valence-corrected chi connectivity index (χ3v) is 5.29. The summed E-state index contributed by atoms with van der Waals surface area (Å²) < 4.78 is 0. The van der Waals surface area contributed by atoms with Gasteiger partial charge in [0, 0.05) is 25.2 Å². The molecule has 0 aromatic heterocycles. The van der Waals surface area contributed by atoms with Crippen molar-refractivity contribution in [1.29, 1.82) is 0 Å². The molecule has 0 spiro atoms. The first-order valence-electron chi connectivity index (χ1n) is 8.18. The average molecular weight is 335 g/mol. The van der Waals surface area contributed by atoms with Gasteiger partial charge in [-0.2, -0.15) is 0 Å². The summed E-state index contributed by atoms with van der Waals surface area (Å²) in [6.07, 6.45) is 4.94. The molecular formula is C17H25N3O2S. The molecule has 0 unspecified atom stereocenters. The van der Waals surface area contributed by atoms with Gasteiger partial charge in [-0.25, -0.2) is 0 Å². The van der Waals surface area contributed by atoms with Crippen molar-refractivity contribution in [2.24, 2.45) is 5.92 Å². The number of hydrogen-bond acceptors (Lipinski definition) is 3. The maximum absolute atomic E-state index is 10.9. The van der Waals surface area contributed by atoms with Gasteiger partial charge in [0.2, 0.25) is 0 Å². The Morgan fingerprint density at radius 1 is 1.43 bits per heavy atom. The summed E-state index contributed by atoms with van der Waals surface area (Å²) in [5, 5.41) is 15.1. The fourth-order valence-corrected chi connectivity index (χ4v) is 3.40. The lowest BCUT2D eigenvalue weighted by Gasteiger charge is -2.35. The van der Waals surface area contributed by atoms with Gasteiger partial charge in [-0.1, -0.05) is 31.9 Å². The van der Waals surface area contributed by atoms with Crippen LogP contribution in [0.5, 0.6) is 0 Å². The number of nitro benzene ring substituents is 1. The fraction of sp³-hybridized carbons (Fsp3) is 0.588. The molecular weight excluding hydrogens is 310 g/mol. The van der Waals surface area contributed by atoms with Crippen molar-refractivity contribution in [3.8, 4) is 0 Å². The number of hydrogen-bond donors (Lipinski definition) is 1. The topological polar surface area (TPSA) is 58.4 Å². The molecule has 0 heterocycles. The Kier molecular flexibility index (Phi) is 5.93. The van der Waals surface area contributed by atoms with E-state index in [1.807, 2.05) is 24.9 Å². The number of benzene rings is 1. The van der Waals surface area contributed by atoms with E-state index in [1.165, 1.54) is 25.3 Å². The minimum absolute atomic E-state index is 0.0196. The molecule has 1 fully saturated rings. The lowest BCUT2D eigenvalue weighted by atomic mass is 9.86. The van der Waals surface area contributed by atoms with Crippen LogP contribution in [-0.4, -0.2) is 28.0 Å². The van der Waals surface area contributed by atoms with Crippen LogP contribution >= 0.6 is 12.2 Å². The highest BCUT2D eigenvalue weighted by molar-refractivity contribution is 7.80. The molecule has 1 saturated carbocycles. The predicted molar refractivity (Wildman–Crippen MR) is 96.4 cm³/mol. The number of nitro groups is 1.